The number of amides is 2. The fourth-order valence-electron chi connectivity index (χ4n) is 3.19. The van der Waals surface area contributed by atoms with Gasteiger partial charge in [0.2, 0.25) is 0 Å². The first-order chi connectivity index (χ1) is 10.2. The standard InChI is InChI=1S/C14H23N5O2/c20-13(16-10-14(21)6-2-1-3-7-14)15-9-12-18-17-11-5-4-8-19(11)12/h21H,1-10H2,(H2,15,16,20). The number of urea groups is 1. The molecule has 1 aliphatic carbocycles. The zero-order valence-electron chi connectivity index (χ0n) is 12.3. The van der Waals surface area contributed by atoms with Crippen molar-refractivity contribution >= 4 is 6.03 Å². The summed E-state index contributed by atoms with van der Waals surface area (Å²) in [6.07, 6.45) is 6.84. The number of carbonyl (C=O) groups is 1. The number of aliphatic hydroxyl groups is 1. The molecular formula is C14H23N5O2. The number of fused-ring (bicyclic) bond motifs is 1. The number of aryl methyl sites for hydroxylation is 1. The van der Waals surface area contributed by atoms with Gasteiger partial charge >= 0.3 is 6.03 Å². The third-order valence-electron chi connectivity index (χ3n) is 4.46. The molecule has 3 rings (SSSR count). The summed E-state index contributed by atoms with van der Waals surface area (Å²) in [5.74, 6) is 1.80. The Kier molecular flexibility index (Phi) is 4.10. The van der Waals surface area contributed by atoms with Gasteiger partial charge in [-0.3, -0.25) is 0 Å². The second-order valence-corrected chi connectivity index (χ2v) is 6.11. The summed E-state index contributed by atoms with van der Waals surface area (Å²) in [6, 6.07) is -0.260. The van der Waals surface area contributed by atoms with Gasteiger partial charge < -0.3 is 20.3 Å². The molecule has 2 amide bonds. The smallest absolute Gasteiger partial charge is 0.315 e. The number of hydrogen-bond donors (Lipinski definition) is 3. The van der Waals surface area contributed by atoms with Crippen LogP contribution in [0.2, 0.25) is 0 Å². The Morgan fingerprint density at radius 2 is 2.00 bits per heavy atom. The molecule has 1 aliphatic heterocycles. The molecule has 1 saturated carbocycles. The third kappa shape index (κ3) is 3.34. The first-order valence-electron chi connectivity index (χ1n) is 7.81. The summed E-state index contributed by atoms with van der Waals surface area (Å²) < 4.78 is 2.06. The summed E-state index contributed by atoms with van der Waals surface area (Å²) in [6.45, 7) is 1.62. The molecule has 0 unspecified atom stereocenters. The van der Waals surface area contributed by atoms with Crippen LogP contribution in [-0.2, 0) is 19.5 Å². The lowest BCUT2D eigenvalue weighted by molar-refractivity contribution is 0.00719. The van der Waals surface area contributed by atoms with Gasteiger partial charge in [-0.15, -0.1) is 10.2 Å². The molecule has 2 aliphatic rings. The van der Waals surface area contributed by atoms with Crippen LogP contribution in [0.15, 0.2) is 0 Å². The third-order valence-corrected chi connectivity index (χ3v) is 4.46. The second kappa shape index (κ2) is 6.01. The Bertz CT molecular complexity index is 507. The van der Waals surface area contributed by atoms with Crippen LogP contribution >= 0.6 is 0 Å². The molecule has 7 nitrogen and oxygen atoms in total. The normalized spacial score (nSPS) is 20.0. The number of hydrogen-bond acceptors (Lipinski definition) is 4. The Hall–Kier alpha value is -1.63. The molecule has 0 bridgehead atoms. The highest BCUT2D eigenvalue weighted by Gasteiger charge is 2.29. The van der Waals surface area contributed by atoms with E-state index in [-0.39, 0.29) is 6.03 Å². The zero-order chi connectivity index (χ0) is 14.7. The SMILES string of the molecule is O=C(NCc1nnc2n1CCC2)NCC1(O)CCCCC1. The minimum Gasteiger partial charge on any atom is -0.388 e. The van der Waals surface area contributed by atoms with E-state index in [1.165, 1.54) is 6.42 Å². The molecule has 7 heteroatoms. The van der Waals surface area contributed by atoms with E-state index >= 15 is 0 Å². The van der Waals surface area contributed by atoms with Gasteiger partial charge in [-0.2, -0.15) is 0 Å². The summed E-state index contributed by atoms with van der Waals surface area (Å²) in [5, 5.41) is 24.1. The van der Waals surface area contributed by atoms with E-state index in [2.05, 4.69) is 25.4 Å². The summed E-state index contributed by atoms with van der Waals surface area (Å²) >= 11 is 0. The average Bonchev–Trinajstić information content (AvgIpc) is 3.07. The Labute approximate surface area is 124 Å². The van der Waals surface area contributed by atoms with Crippen LogP contribution in [0.4, 0.5) is 4.79 Å². The molecular weight excluding hydrogens is 270 g/mol. The molecule has 0 atom stereocenters. The van der Waals surface area contributed by atoms with Gasteiger partial charge in [-0.05, 0) is 19.3 Å². The Balaban J connectivity index is 1.44. The molecule has 0 saturated heterocycles. The molecule has 0 aromatic carbocycles. The lowest BCUT2D eigenvalue weighted by Gasteiger charge is -2.32. The van der Waals surface area contributed by atoms with Crippen molar-refractivity contribution < 1.29 is 9.90 Å². The van der Waals surface area contributed by atoms with Crippen LogP contribution in [0.5, 0.6) is 0 Å². The maximum absolute atomic E-state index is 11.8. The monoisotopic (exact) mass is 293 g/mol. The predicted molar refractivity (Wildman–Crippen MR) is 76.6 cm³/mol. The Morgan fingerprint density at radius 3 is 2.81 bits per heavy atom. The van der Waals surface area contributed by atoms with E-state index in [1.807, 2.05) is 0 Å². The van der Waals surface area contributed by atoms with Gasteiger partial charge in [0.25, 0.3) is 0 Å². The van der Waals surface area contributed by atoms with Crippen molar-refractivity contribution in [1.82, 2.24) is 25.4 Å². The van der Waals surface area contributed by atoms with E-state index in [0.717, 1.165) is 56.7 Å². The van der Waals surface area contributed by atoms with Gasteiger partial charge in [0.15, 0.2) is 5.82 Å². The topological polar surface area (TPSA) is 92.1 Å². The second-order valence-electron chi connectivity index (χ2n) is 6.11. The van der Waals surface area contributed by atoms with Gasteiger partial charge in [-0.25, -0.2) is 4.79 Å². The van der Waals surface area contributed by atoms with E-state index in [1.54, 1.807) is 0 Å². The van der Waals surface area contributed by atoms with E-state index in [0.29, 0.717) is 13.1 Å². The summed E-state index contributed by atoms with van der Waals surface area (Å²) in [7, 11) is 0. The minimum atomic E-state index is -0.730. The number of rotatable bonds is 4. The molecule has 21 heavy (non-hydrogen) atoms. The van der Waals surface area contributed by atoms with Crippen LogP contribution < -0.4 is 10.6 Å². The molecule has 2 heterocycles. The Morgan fingerprint density at radius 1 is 1.19 bits per heavy atom. The average molecular weight is 293 g/mol. The van der Waals surface area contributed by atoms with Crippen molar-refractivity contribution in [2.75, 3.05) is 6.54 Å². The van der Waals surface area contributed by atoms with Crippen molar-refractivity contribution in [1.29, 1.82) is 0 Å². The molecule has 3 N–H and O–H groups in total. The van der Waals surface area contributed by atoms with Crippen molar-refractivity contribution in [2.24, 2.45) is 0 Å². The van der Waals surface area contributed by atoms with E-state index in [9.17, 15) is 9.90 Å². The minimum absolute atomic E-state index is 0.260. The molecule has 0 radical (unpaired) electrons. The number of nitrogens with one attached hydrogen (secondary N) is 2. The number of aromatic nitrogens is 3. The van der Waals surface area contributed by atoms with Crippen molar-refractivity contribution in [3.05, 3.63) is 11.6 Å². The van der Waals surface area contributed by atoms with Crippen LogP contribution in [0.3, 0.4) is 0 Å². The highest BCUT2D eigenvalue weighted by atomic mass is 16.3. The lowest BCUT2D eigenvalue weighted by atomic mass is 9.85. The quantitative estimate of drug-likeness (QED) is 0.762. The summed E-state index contributed by atoms with van der Waals surface area (Å²) in [4.78, 5) is 11.8. The van der Waals surface area contributed by atoms with E-state index < -0.39 is 5.60 Å². The van der Waals surface area contributed by atoms with Crippen molar-refractivity contribution in [3.8, 4) is 0 Å². The summed E-state index contributed by atoms with van der Waals surface area (Å²) in [5.41, 5.74) is -0.730. The highest BCUT2D eigenvalue weighted by Crippen LogP contribution is 2.27. The molecule has 1 aromatic rings. The molecule has 1 aromatic heterocycles. The first kappa shape index (κ1) is 14.3. The number of carbonyl (C=O) groups excluding carboxylic acids is 1. The van der Waals surface area contributed by atoms with E-state index in [4.69, 9.17) is 0 Å². The van der Waals surface area contributed by atoms with Gasteiger partial charge in [0, 0.05) is 19.5 Å². The van der Waals surface area contributed by atoms with Crippen molar-refractivity contribution in [2.45, 2.75) is 63.6 Å². The van der Waals surface area contributed by atoms with Crippen LogP contribution in [0, 0.1) is 0 Å². The molecule has 116 valence electrons. The first-order valence-corrected chi connectivity index (χ1v) is 7.81. The molecule has 0 spiro atoms. The lowest BCUT2D eigenvalue weighted by Crippen LogP contribution is -2.47. The highest BCUT2D eigenvalue weighted by molar-refractivity contribution is 5.73. The molecule has 1 fully saturated rings. The maximum Gasteiger partial charge on any atom is 0.315 e. The fraction of sp³-hybridized carbons (Fsp3) is 0.786. The van der Waals surface area contributed by atoms with Gasteiger partial charge in [0.1, 0.15) is 5.82 Å². The largest absolute Gasteiger partial charge is 0.388 e. The van der Waals surface area contributed by atoms with Gasteiger partial charge in [-0.1, -0.05) is 19.3 Å². The fourth-order valence-corrected chi connectivity index (χ4v) is 3.19. The number of nitrogens with zero attached hydrogens (tertiary/aromatic N) is 3. The maximum atomic E-state index is 11.8. The van der Waals surface area contributed by atoms with Crippen LogP contribution in [0.25, 0.3) is 0 Å². The van der Waals surface area contributed by atoms with Gasteiger partial charge in [0.05, 0.1) is 12.1 Å². The van der Waals surface area contributed by atoms with Crippen molar-refractivity contribution in [3.63, 3.8) is 0 Å². The van der Waals surface area contributed by atoms with Crippen LogP contribution in [-0.4, -0.2) is 38.0 Å². The zero-order valence-corrected chi connectivity index (χ0v) is 12.3. The predicted octanol–water partition coefficient (Wildman–Crippen LogP) is 0.719. The van der Waals surface area contributed by atoms with Crippen LogP contribution in [0.1, 0.15) is 50.2 Å².